The van der Waals surface area contributed by atoms with Crippen molar-refractivity contribution in [2.45, 2.75) is 97.1 Å². The van der Waals surface area contributed by atoms with Crippen molar-refractivity contribution in [2.24, 2.45) is 5.92 Å². The molecule has 254 valence electrons. The van der Waals surface area contributed by atoms with Gasteiger partial charge in [0.25, 0.3) is 0 Å². The first-order valence-electron chi connectivity index (χ1n) is 16.8. The molecule has 0 bridgehead atoms. The predicted molar refractivity (Wildman–Crippen MR) is 179 cm³/mol. The molecule has 2 aliphatic heterocycles. The third-order valence-corrected chi connectivity index (χ3v) is 8.51. The zero-order valence-corrected chi connectivity index (χ0v) is 28.2. The van der Waals surface area contributed by atoms with Crippen LogP contribution in [0, 0.1) is 5.92 Å². The zero-order chi connectivity index (χ0) is 33.8. The number of nitrogens with one attached hydrogen (secondary N) is 1. The molecule has 1 N–H and O–H groups in total. The van der Waals surface area contributed by atoms with Crippen LogP contribution in [-0.4, -0.2) is 72.9 Å². The summed E-state index contributed by atoms with van der Waals surface area (Å²) in [6.45, 7) is 8.88. The molecule has 2 amide bonds. The molecular weight excluding hydrogens is 598 g/mol. The fourth-order valence-electron chi connectivity index (χ4n) is 6.21. The molecule has 1 saturated heterocycles. The molecule has 2 aromatic rings. The summed E-state index contributed by atoms with van der Waals surface area (Å²) in [7, 11) is 0. The van der Waals surface area contributed by atoms with Crippen molar-refractivity contribution in [2.75, 3.05) is 31.1 Å². The molecule has 0 saturated carbocycles. The van der Waals surface area contributed by atoms with Crippen molar-refractivity contribution in [3.05, 3.63) is 71.3 Å². The molecule has 0 unspecified atom stereocenters. The maximum absolute atomic E-state index is 13.9. The van der Waals surface area contributed by atoms with E-state index in [0.717, 1.165) is 22.4 Å². The van der Waals surface area contributed by atoms with Crippen LogP contribution in [0.4, 0.5) is 10.5 Å². The maximum Gasteiger partial charge on any atom is 0.410 e. The van der Waals surface area contributed by atoms with Gasteiger partial charge in [0.05, 0.1) is 6.04 Å². The molecule has 0 radical (unpaired) electrons. The fourth-order valence-corrected chi connectivity index (χ4v) is 6.21. The minimum atomic E-state index is -0.663. The Morgan fingerprint density at radius 2 is 1.72 bits per heavy atom. The highest BCUT2D eigenvalue weighted by atomic mass is 16.6. The lowest BCUT2D eigenvalue weighted by molar-refractivity contribution is -0.153. The maximum atomic E-state index is 13.9. The van der Waals surface area contributed by atoms with E-state index in [4.69, 9.17) is 14.2 Å². The smallest absolute Gasteiger partial charge is 0.410 e. The van der Waals surface area contributed by atoms with Crippen molar-refractivity contribution in [1.29, 1.82) is 0 Å². The predicted octanol–water partition coefficient (Wildman–Crippen LogP) is 5.61. The zero-order valence-electron chi connectivity index (χ0n) is 28.2. The molecule has 10 heteroatoms. The van der Waals surface area contributed by atoms with Crippen molar-refractivity contribution in [1.82, 2.24) is 10.2 Å². The van der Waals surface area contributed by atoms with Crippen LogP contribution in [0.5, 0.6) is 0 Å². The van der Waals surface area contributed by atoms with E-state index in [1.54, 1.807) is 25.7 Å². The number of anilines is 1. The number of ether oxygens (including phenoxy) is 3. The van der Waals surface area contributed by atoms with E-state index in [9.17, 15) is 19.2 Å². The minimum Gasteiger partial charge on any atom is -0.459 e. The SMILES string of the molecule is CCO[C@@H](CCCC(=C=O)C1CCN(C(=O)OCc2ccccc2)CC1)N[C@H]1CCc2ccccc2N(CC(=O)OC(C)(C)C)C1=O. The van der Waals surface area contributed by atoms with Gasteiger partial charge in [-0.25, -0.2) is 9.59 Å². The van der Waals surface area contributed by atoms with Crippen LogP contribution in [0.2, 0.25) is 0 Å². The minimum absolute atomic E-state index is 0.0625. The van der Waals surface area contributed by atoms with Gasteiger partial charge in [0.15, 0.2) is 0 Å². The summed E-state index contributed by atoms with van der Waals surface area (Å²) in [6, 6.07) is 16.7. The summed E-state index contributed by atoms with van der Waals surface area (Å²) >= 11 is 0. The number of amides is 2. The summed E-state index contributed by atoms with van der Waals surface area (Å²) in [5.41, 5.74) is 2.72. The quantitative estimate of drug-likeness (QED) is 0.170. The van der Waals surface area contributed by atoms with Gasteiger partial charge in [0, 0.05) is 31.0 Å². The Morgan fingerprint density at radius 1 is 1.02 bits per heavy atom. The largest absolute Gasteiger partial charge is 0.459 e. The number of esters is 1. The van der Waals surface area contributed by atoms with Gasteiger partial charge in [-0.15, -0.1) is 0 Å². The number of piperidine rings is 1. The normalized spacial score (nSPS) is 17.7. The van der Waals surface area contributed by atoms with Crippen LogP contribution in [0.15, 0.2) is 60.2 Å². The Hall–Kier alpha value is -3.98. The number of aryl methyl sites for hydroxylation is 1. The van der Waals surface area contributed by atoms with Gasteiger partial charge in [-0.1, -0.05) is 48.5 Å². The van der Waals surface area contributed by atoms with Crippen LogP contribution in [-0.2, 0) is 41.6 Å². The van der Waals surface area contributed by atoms with E-state index >= 15 is 0 Å². The first-order chi connectivity index (χ1) is 22.6. The van der Waals surface area contributed by atoms with Crippen molar-refractivity contribution >= 4 is 29.6 Å². The molecule has 0 aliphatic carbocycles. The molecule has 2 heterocycles. The Morgan fingerprint density at radius 3 is 2.40 bits per heavy atom. The van der Waals surface area contributed by atoms with Crippen LogP contribution >= 0.6 is 0 Å². The van der Waals surface area contributed by atoms with E-state index in [1.807, 2.05) is 61.5 Å². The van der Waals surface area contributed by atoms with Gasteiger partial charge in [-0.2, -0.15) is 0 Å². The summed E-state index contributed by atoms with van der Waals surface area (Å²) in [4.78, 5) is 54.5. The highest BCUT2D eigenvalue weighted by molar-refractivity contribution is 6.02. The number of benzene rings is 2. The van der Waals surface area contributed by atoms with Gasteiger partial charge >= 0.3 is 12.1 Å². The summed E-state index contributed by atoms with van der Waals surface area (Å²) < 4.78 is 17.0. The first kappa shape index (κ1) is 35.9. The number of allylic oxidation sites excluding steroid dienone is 1. The highest BCUT2D eigenvalue weighted by Crippen LogP contribution is 2.29. The third-order valence-electron chi connectivity index (χ3n) is 8.51. The Balaban J connectivity index is 1.29. The second-order valence-electron chi connectivity index (χ2n) is 13.2. The molecular formula is C37H49N3O7. The lowest BCUT2D eigenvalue weighted by Crippen LogP contribution is -2.51. The van der Waals surface area contributed by atoms with Gasteiger partial charge in [0.1, 0.15) is 30.9 Å². The Labute approximate surface area is 278 Å². The van der Waals surface area contributed by atoms with Gasteiger partial charge in [-0.3, -0.25) is 19.8 Å². The lowest BCUT2D eigenvalue weighted by Gasteiger charge is -2.32. The number of nitrogens with zero attached hydrogens (tertiary/aromatic N) is 2. The number of likely N-dealkylation sites (tertiary alicyclic amines) is 1. The fraction of sp³-hybridized carbons (Fsp3) is 0.541. The molecule has 10 nitrogen and oxygen atoms in total. The monoisotopic (exact) mass is 647 g/mol. The average Bonchev–Trinajstić information content (AvgIpc) is 3.18. The molecule has 2 aromatic carbocycles. The second-order valence-corrected chi connectivity index (χ2v) is 13.2. The first-order valence-corrected chi connectivity index (χ1v) is 16.8. The number of hydrogen-bond donors (Lipinski definition) is 1. The number of rotatable bonds is 13. The van der Waals surface area contributed by atoms with Gasteiger partial charge in [0.2, 0.25) is 5.91 Å². The molecule has 2 atom stereocenters. The highest BCUT2D eigenvalue weighted by Gasteiger charge is 2.34. The number of para-hydroxylation sites is 1. The summed E-state index contributed by atoms with van der Waals surface area (Å²) in [6.07, 6.45) is 3.66. The number of hydrogen-bond acceptors (Lipinski definition) is 8. The Bertz CT molecular complexity index is 1390. The van der Waals surface area contributed by atoms with Gasteiger partial charge in [-0.05, 0) is 95.8 Å². The molecule has 1 fully saturated rings. The van der Waals surface area contributed by atoms with E-state index in [0.29, 0.717) is 64.6 Å². The number of fused-ring (bicyclic) bond motifs is 1. The van der Waals surface area contributed by atoms with Crippen molar-refractivity contribution in [3.63, 3.8) is 0 Å². The summed E-state index contributed by atoms with van der Waals surface area (Å²) in [5.74, 6) is 1.58. The average molecular weight is 648 g/mol. The van der Waals surface area contributed by atoms with Crippen LogP contribution in [0.1, 0.15) is 77.3 Å². The third kappa shape index (κ3) is 10.8. The second kappa shape index (κ2) is 17.3. The molecule has 4 rings (SSSR count). The van der Waals surface area contributed by atoms with E-state index in [1.165, 1.54) is 4.90 Å². The Kier molecular flexibility index (Phi) is 13.2. The lowest BCUT2D eigenvalue weighted by atomic mass is 9.87. The van der Waals surface area contributed by atoms with Gasteiger partial charge < -0.3 is 19.1 Å². The van der Waals surface area contributed by atoms with E-state index < -0.39 is 23.8 Å². The number of carbonyl (C=O) groups is 3. The molecule has 0 aromatic heterocycles. The molecule has 2 aliphatic rings. The summed E-state index contributed by atoms with van der Waals surface area (Å²) in [5, 5.41) is 3.41. The van der Waals surface area contributed by atoms with Crippen molar-refractivity contribution < 1.29 is 33.4 Å². The standard InChI is InChI=1S/C37H49N3O7/c1-5-45-33(38-31-19-18-29-14-9-10-16-32(29)40(35(31)43)24-34(42)47-37(2,3)4)17-11-15-30(25-41)28-20-22-39(23-21-28)36(44)46-26-27-12-7-6-8-13-27/h6-10,12-14,16,28,31,33,38H,5,11,15,17-24,26H2,1-4H3/t31-,33-/m0/s1. The van der Waals surface area contributed by atoms with Crippen molar-refractivity contribution in [3.8, 4) is 0 Å². The van der Waals surface area contributed by atoms with Crippen LogP contribution < -0.4 is 10.2 Å². The topological polar surface area (TPSA) is 114 Å². The van der Waals surface area contributed by atoms with Crippen LogP contribution in [0.3, 0.4) is 0 Å². The van der Waals surface area contributed by atoms with E-state index in [2.05, 4.69) is 11.3 Å². The molecule has 0 spiro atoms. The van der Waals surface area contributed by atoms with E-state index in [-0.39, 0.29) is 31.1 Å². The number of carbonyl (C=O) groups excluding carboxylic acids is 4. The molecule has 47 heavy (non-hydrogen) atoms. The van der Waals surface area contributed by atoms with Crippen LogP contribution in [0.25, 0.3) is 0 Å².